The summed E-state index contributed by atoms with van der Waals surface area (Å²) in [5.74, 6) is 1.84. The van der Waals surface area contributed by atoms with Gasteiger partial charge in [-0.15, -0.1) is 0 Å². The van der Waals surface area contributed by atoms with Gasteiger partial charge in [0.25, 0.3) is 0 Å². The van der Waals surface area contributed by atoms with Crippen LogP contribution in [0.2, 0.25) is 0 Å². The second-order valence-electron chi connectivity index (χ2n) is 6.05. The van der Waals surface area contributed by atoms with E-state index in [4.69, 9.17) is 10.5 Å². The van der Waals surface area contributed by atoms with Gasteiger partial charge in [0.05, 0.1) is 7.11 Å². The van der Waals surface area contributed by atoms with Gasteiger partial charge >= 0.3 is 0 Å². The quantitative estimate of drug-likeness (QED) is 0.867. The van der Waals surface area contributed by atoms with Crippen LogP contribution in [0.25, 0.3) is 0 Å². The van der Waals surface area contributed by atoms with E-state index < -0.39 is 0 Å². The monoisotopic (exact) mass is 276 g/mol. The van der Waals surface area contributed by atoms with Crippen molar-refractivity contribution in [2.45, 2.75) is 45.2 Å². The summed E-state index contributed by atoms with van der Waals surface area (Å²) >= 11 is 0. The predicted octanol–water partition coefficient (Wildman–Crippen LogP) is 3.17. The number of hydrogen-bond acceptors (Lipinski definition) is 3. The van der Waals surface area contributed by atoms with Gasteiger partial charge in [-0.05, 0) is 43.5 Å². The molecule has 0 unspecified atom stereocenters. The molecule has 2 rings (SSSR count). The third-order valence-corrected chi connectivity index (χ3v) is 4.32. The van der Waals surface area contributed by atoms with E-state index in [1.54, 1.807) is 7.11 Å². The molecule has 1 aliphatic carbocycles. The van der Waals surface area contributed by atoms with Crippen molar-refractivity contribution < 1.29 is 4.74 Å². The minimum Gasteiger partial charge on any atom is -0.496 e. The molecule has 1 fully saturated rings. The second-order valence-corrected chi connectivity index (χ2v) is 6.05. The van der Waals surface area contributed by atoms with Crippen molar-refractivity contribution in [1.29, 1.82) is 0 Å². The fourth-order valence-corrected chi connectivity index (χ4v) is 3.25. The van der Waals surface area contributed by atoms with Crippen molar-refractivity contribution in [2.24, 2.45) is 11.7 Å². The Kier molecular flexibility index (Phi) is 5.86. The Hall–Kier alpha value is -1.06. The van der Waals surface area contributed by atoms with Crippen LogP contribution in [-0.4, -0.2) is 25.6 Å². The zero-order valence-electron chi connectivity index (χ0n) is 12.9. The van der Waals surface area contributed by atoms with Gasteiger partial charge in [0.15, 0.2) is 0 Å². The molecule has 0 atom stereocenters. The summed E-state index contributed by atoms with van der Waals surface area (Å²) in [7, 11) is 3.95. The number of nitrogens with two attached hydrogens (primary N) is 1. The molecule has 1 saturated carbocycles. The molecule has 0 aliphatic heterocycles. The predicted molar refractivity (Wildman–Crippen MR) is 83.8 cm³/mol. The summed E-state index contributed by atoms with van der Waals surface area (Å²) in [5.41, 5.74) is 8.15. The molecule has 0 bridgehead atoms. The Morgan fingerprint density at radius 2 is 2.00 bits per heavy atom. The van der Waals surface area contributed by atoms with Crippen molar-refractivity contribution >= 4 is 0 Å². The lowest BCUT2D eigenvalue weighted by Gasteiger charge is -2.27. The Morgan fingerprint density at radius 3 is 2.65 bits per heavy atom. The molecule has 2 N–H and O–H groups in total. The van der Waals surface area contributed by atoms with Crippen molar-refractivity contribution in [3.8, 4) is 5.75 Å². The van der Waals surface area contributed by atoms with Gasteiger partial charge < -0.3 is 15.4 Å². The molecule has 0 radical (unpaired) electrons. The lowest BCUT2D eigenvalue weighted by atomic mass is 9.89. The third-order valence-electron chi connectivity index (χ3n) is 4.32. The van der Waals surface area contributed by atoms with Gasteiger partial charge in [-0.25, -0.2) is 0 Å². The van der Waals surface area contributed by atoms with E-state index >= 15 is 0 Å². The van der Waals surface area contributed by atoms with Crippen molar-refractivity contribution in [3.63, 3.8) is 0 Å². The van der Waals surface area contributed by atoms with Crippen LogP contribution in [0.15, 0.2) is 18.2 Å². The summed E-state index contributed by atoms with van der Waals surface area (Å²) in [6.07, 6.45) is 7.02. The Morgan fingerprint density at radius 1 is 1.25 bits per heavy atom. The fraction of sp³-hybridized carbons (Fsp3) is 0.647. The van der Waals surface area contributed by atoms with Crippen LogP contribution in [0.4, 0.5) is 0 Å². The van der Waals surface area contributed by atoms with Crippen LogP contribution in [0.5, 0.6) is 5.75 Å². The van der Waals surface area contributed by atoms with Crippen LogP contribution in [0.3, 0.4) is 0 Å². The highest BCUT2D eigenvalue weighted by Crippen LogP contribution is 2.26. The molecule has 0 spiro atoms. The van der Waals surface area contributed by atoms with Gasteiger partial charge in [-0.3, -0.25) is 0 Å². The van der Waals surface area contributed by atoms with E-state index in [-0.39, 0.29) is 0 Å². The molecule has 3 nitrogen and oxygen atoms in total. The first-order chi connectivity index (χ1) is 9.72. The van der Waals surface area contributed by atoms with Crippen LogP contribution in [0.1, 0.15) is 43.2 Å². The summed E-state index contributed by atoms with van der Waals surface area (Å²) in [6.45, 7) is 2.72. The molecule has 1 aromatic rings. The standard InChI is InChI=1S/C17H28N2O/c1-19(12-14-6-4-3-5-7-14)13-16-10-15(11-18)8-9-17(16)20-2/h8-10,14H,3-7,11-13,18H2,1-2H3. The normalized spacial score (nSPS) is 16.6. The van der Waals surface area contributed by atoms with Crippen LogP contribution >= 0.6 is 0 Å². The second kappa shape index (κ2) is 7.65. The smallest absolute Gasteiger partial charge is 0.123 e. The topological polar surface area (TPSA) is 38.5 Å². The number of hydrogen-bond donors (Lipinski definition) is 1. The first kappa shape index (κ1) is 15.3. The Balaban J connectivity index is 1.96. The van der Waals surface area contributed by atoms with E-state index in [2.05, 4.69) is 18.0 Å². The van der Waals surface area contributed by atoms with Crippen molar-refractivity contribution in [3.05, 3.63) is 29.3 Å². The van der Waals surface area contributed by atoms with Gasteiger partial charge in [0.1, 0.15) is 5.75 Å². The highest BCUT2D eigenvalue weighted by atomic mass is 16.5. The summed E-state index contributed by atoms with van der Waals surface area (Å²) in [6, 6.07) is 6.26. The van der Waals surface area contributed by atoms with Crippen molar-refractivity contribution in [2.75, 3.05) is 20.7 Å². The maximum absolute atomic E-state index is 5.74. The van der Waals surface area contributed by atoms with E-state index in [0.29, 0.717) is 6.54 Å². The fourth-order valence-electron chi connectivity index (χ4n) is 3.25. The molecule has 0 saturated heterocycles. The average molecular weight is 276 g/mol. The lowest BCUT2D eigenvalue weighted by Crippen LogP contribution is -2.27. The first-order valence-electron chi connectivity index (χ1n) is 7.77. The zero-order valence-corrected chi connectivity index (χ0v) is 12.9. The first-order valence-corrected chi connectivity index (χ1v) is 7.77. The number of benzene rings is 1. The van der Waals surface area contributed by atoms with Gasteiger partial charge in [0.2, 0.25) is 0 Å². The minimum absolute atomic E-state index is 0.587. The summed E-state index contributed by atoms with van der Waals surface area (Å²) in [5, 5.41) is 0. The lowest BCUT2D eigenvalue weighted by molar-refractivity contribution is 0.226. The molecular weight excluding hydrogens is 248 g/mol. The number of ether oxygens (including phenoxy) is 1. The number of rotatable bonds is 6. The molecule has 20 heavy (non-hydrogen) atoms. The largest absolute Gasteiger partial charge is 0.496 e. The van der Waals surface area contributed by atoms with E-state index in [9.17, 15) is 0 Å². The van der Waals surface area contributed by atoms with E-state index in [1.807, 2.05) is 12.1 Å². The molecule has 112 valence electrons. The third kappa shape index (κ3) is 4.22. The van der Waals surface area contributed by atoms with Gasteiger partial charge in [-0.1, -0.05) is 25.3 Å². The van der Waals surface area contributed by atoms with Gasteiger partial charge in [0, 0.05) is 25.2 Å². The number of nitrogens with zero attached hydrogens (tertiary/aromatic N) is 1. The molecule has 1 aromatic carbocycles. The molecule has 0 amide bonds. The van der Waals surface area contributed by atoms with Gasteiger partial charge in [-0.2, -0.15) is 0 Å². The van der Waals surface area contributed by atoms with E-state index in [0.717, 1.165) is 18.2 Å². The maximum Gasteiger partial charge on any atom is 0.123 e. The number of methoxy groups -OCH3 is 1. The SMILES string of the molecule is COc1ccc(CN)cc1CN(C)CC1CCCCC1. The maximum atomic E-state index is 5.74. The Labute approximate surface area is 123 Å². The van der Waals surface area contributed by atoms with Crippen LogP contribution < -0.4 is 10.5 Å². The highest BCUT2D eigenvalue weighted by molar-refractivity contribution is 5.37. The summed E-state index contributed by atoms with van der Waals surface area (Å²) < 4.78 is 5.47. The zero-order chi connectivity index (χ0) is 14.4. The van der Waals surface area contributed by atoms with E-state index in [1.165, 1.54) is 49.8 Å². The molecule has 3 heteroatoms. The molecule has 0 aromatic heterocycles. The van der Waals surface area contributed by atoms with Crippen LogP contribution in [-0.2, 0) is 13.1 Å². The summed E-state index contributed by atoms with van der Waals surface area (Å²) in [4.78, 5) is 2.42. The van der Waals surface area contributed by atoms with Crippen LogP contribution in [0, 0.1) is 5.92 Å². The Bertz CT molecular complexity index is 413. The average Bonchev–Trinajstić information content (AvgIpc) is 2.48. The minimum atomic E-state index is 0.587. The highest BCUT2D eigenvalue weighted by Gasteiger charge is 2.16. The van der Waals surface area contributed by atoms with Crippen molar-refractivity contribution in [1.82, 2.24) is 4.90 Å². The molecular formula is C17H28N2O. The molecule has 1 aliphatic rings. The molecule has 0 heterocycles.